The summed E-state index contributed by atoms with van der Waals surface area (Å²) < 4.78 is 13.3. The van der Waals surface area contributed by atoms with E-state index in [1.165, 1.54) is 18.2 Å². The fourth-order valence-electron chi connectivity index (χ4n) is 2.24. The van der Waals surface area contributed by atoms with E-state index in [0.717, 1.165) is 0 Å². The SMILES string of the molecule is Cc1cc(C(=O)NNC(=O)c2ccc[nH]2)c2ccc(F)cc2n1. The minimum absolute atomic E-state index is 0.305. The summed E-state index contributed by atoms with van der Waals surface area (Å²) in [6.07, 6.45) is 1.60. The Labute approximate surface area is 130 Å². The number of fused-ring (bicyclic) bond motifs is 1. The molecule has 2 aromatic heterocycles. The van der Waals surface area contributed by atoms with Gasteiger partial charge in [-0.25, -0.2) is 4.39 Å². The molecule has 0 unspecified atom stereocenters. The maximum Gasteiger partial charge on any atom is 0.286 e. The highest BCUT2D eigenvalue weighted by Crippen LogP contribution is 2.19. The highest BCUT2D eigenvalue weighted by molar-refractivity contribution is 6.07. The monoisotopic (exact) mass is 312 g/mol. The van der Waals surface area contributed by atoms with Crippen molar-refractivity contribution in [2.24, 2.45) is 0 Å². The Morgan fingerprint density at radius 3 is 2.65 bits per heavy atom. The van der Waals surface area contributed by atoms with Crippen molar-refractivity contribution >= 4 is 22.7 Å². The Balaban J connectivity index is 1.85. The molecule has 1 aromatic carbocycles. The molecule has 6 nitrogen and oxygen atoms in total. The van der Waals surface area contributed by atoms with Crippen LogP contribution in [-0.4, -0.2) is 21.8 Å². The average molecular weight is 312 g/mol. The van der Waals surface area contributed by atoms with Gasteiger partial charge < -0.3 is 4.98 Å². The fraction of sp³-hybridized carbons (Fsp3) is 0.0625. The number of amides is 2. The van der Waals surface area contributed by atoms with Crippen molar-refractivity contribution in [2.75, 3.05) is 0 Å². The van der Waals surface area contributed by atoms with Gasteiger partial charge in [-0.05, 0) is 37.3 Å². The third-order valence-electron chi connectivity index (χ3n) is 3.28. The van der Waals surface area contributed by atoms with Crippen molar-refractivity contribution in [3.05, 3.63) is 65.4 Å². The zero-order valence-electron chi connectivity index (χ0n) is 12.2. The minimum Gasteiger partial charge on any atom is -0.357 e. The minimum atomic E-state index is -0.507. The second kappa shape index (κ2) is 5.88. The Bertz CT molecular complexity index is 885. The van der Waals surface area contributed by atoms with Gasteiger partial charge in [0, 0.05) is 23.3 Å². The van der Waals surface area contributed by atoms with Gasteiger partial charge in [-0.2, -0.15) is 0 Å². The predicted molar refractivity (Wildman–Crippen MR) is 82.2 cm³/mol. The molecule has 0 radical (unpaired) electrons. The van der Waals surface area contributed by atoms with Crippen molar-refractivity contribution in [3.63, 3.8) is 0 Å². The molecular formula is C16H13FN4O2. The Kier molecular flexibility index (Phi) is 3.76. The fourth-order valence-corrected chi connectivity index (χ4v) is 2.24. The number of H-pyrrole nitrogens is 1. The Morgan fingerprint density at radius 2 is 1.91 bits per heavy atom. The first-order chi connectivity index (χ1) is 11.0. The average Bonchev–Trinajstić information content (AvgIpc) is 3.05. The first-order valence-electron chi connectivity index (χ1n) is 6.85. The molecule has 23 heavy (non-hydrogen) atoms. The number of nitrogens with zero attached hydrogens (tertiary/aromatic N) is 1. The number of nitrogens with one attached hydrogen (secondary N) is 3. The molecule has 3 N–H and O–H groups in total. The van der Waals surface area contributed by atoms with E-state index >= 15 is 0 Å². The van der Waals surface area contributed by atoms with Crippen LogP contribution in [0.15, 0.2) is 42.6 Å². The van der Waals surface area contributed by atoms with Gasteiger partial charge in [-0.15, -0.1) is 0 Å². The van der Waals surface area contributed by atoms with Crippen molar-refractivity contribution in [3.8, 4) is 0 Å². The van der Waals surface area contributed by atoms with Gasteiger partial charge in [0.1, 0.15) is 11.5 Å². The lowest BCUT2D eigenvalue weighted by Crippen LogP contribution is -2.41. The van der Waals surface area contributed by atoms with Gasteiger partial charge in [0.2, 0.25) is 0 Å². The van der Waals surface area contributed by atoms with E-state index in [9.17, 15) is 14.0 Å². The molecule has 0 bridgehead atoms. The molecule has 116 valence electrons. The molecule has 0 saturated heterocycles. The summed E-state index contributed by atoms with van der Waals surface area (Å²) in [6.45, 7) is 1.71. The van der Waals surface area contributed by atoms with Crippen LogP contribution in [0.25, 0.3) is 10.9 Å². The summed E-state index contributed by atoms with van der Waals surface area (Å²) >= 11 is 0. The van der Waals surface area contributed by atoms with Crippen LogP contribution < -0.4 is 10.9 Å². The van der Waals surface area contributed by atoms with E-state index in [4.69, 9.17) is 0 Å². The molecule has 0 aliphatic rings. The lowest BCUT2D eigenvalue weighted by atomic mass is 10.1. The molecule has 0 fully saturated rings. The summed E-state index contributed by atoms with van der Waals surface area (Å²) in [5.41, 5.74) is 6.24. The van der Waals surface area contributed by atoms with Crippen molar-refractivity contribution in [1.29, 1.82) is 0 Å². The standard InChI is InChI=1S/C16H13FN4O2/c1-9-7-12(11-5-4-10(17)8-14(11)19-9)15(22)20-21-16(23)13-3-2-6-18-13/h2-8,18H,1H3,(H,20,22)(H,21,23). The number of rotatable bonds is 2. The smallest absolute Gasteiger partial charge is 0.286 e. The molecule has 3 rings (SSSR count). The third kappa shape index (κ3) is 3.03. The summed E-state index contributed by atoms with van der Waals surface area (Å²) in [4.78, 5) is 31.0. The number of halogens is 1. The van der Waals surface area contributed by atoms with Gasteiger partial charge in [0.05, 0.1) is 11.1 Å². The van der Waals surface area contributed by atoms with Crippen LogP contribution in [-0.2, 0) is 0 Å². The van der Waals surface area contributed by atoms with Gasteiger partial charge in [-0.1, -0.05) is 0 Å². The number of hydrogen-bond donors (Lipinski definition) is 3. The molecule has 7 heteroatoms. The molecular weight excluding hydrogens is 299 g/mol. The number of hydrogen-bond acceptors (Lipinski definition) is 3. The van der Waals surface area contributed by atoms with Crippen molar-refractivity contribution < 1.29 is 14.0 Å². The summed E-state index contributed by atoms with van der Waals surface area (Å²) in [5, 5.41) is 0.503. The van der Waals surface area contributed by atoms with Gasteiger partial charge in [0.15, 0.2) is 0 Å². The highest BCUT2D eigenvalue weighted by Gasteiger charge is 2.14. The predicted octanol–water partition coefficient (Wildman–Crippen LogP) is 2.09. The molecule has 0 spiro atoms. The molecule has 0 aliphatic heterocycles. The van der Waals surface area contributed by atoms with Gasteiger partial charge in [0.25, 0.3) is 11.8 Å². The maximum absolute atomic E-state index is 13.3. The lowest BCUT2D eigenvalue weighted by Gasteiger charge is -2.10. The summed E-state index contributed by atoms with van der Waals surface area (Å²) in [6, 6.07) is 8.83. The molecule has 3 aromatic rings. The molecule has 0 atom stereocenters. The summed E-state index contributed by atoms with van der Waals surface area (Å²) in [7, 11) is 0. The maximum atomic E-state index is 13.3. The Morgan fingerprint density at radius 1 is 1.13 bits per heavy atom. The number of hydrazine groups is 1. The van der Waals surface area contributed by atoms with E-state index in [0.29, 0.717) is 27.9 Å². The van der Waals surface area contributed by atoms with Crippen LogP contribution in [0.2, 0.25) is 0 Å². The van der Waals surface area contributed by atoms with E-state index in [1.54, 1.807) is 31.3 Å². The van der Waals surface area contributed by atoms with Crippen LogP contribution in [0.1, 0.15) is 26.5 Å². The number of aromatic nitrogens is 2. The number of carbonyl (C=O) groups is 2. The second-order valence-corrected chi connectivity index (χ2v) is 4.96. The van der Waals surface area contributed by atoms with E-state index in [2.05, 4.69) is 20.8 Å². The quantitative estimate of drug-likeness (QED) is 0.633. The zero-order chi connectivity index (χ0) is 16.4. The zero-order valence-corrected chi connectivity index (χ0v) is 12.2. The Hall–Kier alpha value is -3.22. The van der Waals surface area contributed by atoms with Crippen molar-refractivity contribution in [1.82, 2.24) is 20.8 Å². The molecule has 2 heterocycles. The molecule has 2 amide bonds. The van der Waals surface area contributed by atoms with Crippen LogP contribution in [0.3, 0.4) is 0 Å². The number of benzene rings is 1. The largest absolute Gasteiger partial charge is 0.357 e. The number of aromatic amines is 1. The lowest BCUT2D eigenvalue weighted by molar-refractivity contribution is 0.0845. The number of pyridine rings is 1. The van der Waals surface area contributed by atoms with Gasteiger partial charge in [-0.3, -0.25) is 25.4 Å². The topological polar surface area (TPSA) is 86.9 Å². The normalized spacial score (nSPS) is 10.5. The van der Waals surface area contributed by atoms with E-state index in [-0.39, 0.29) is 0 Å². The number of aryl methyl sites for hydroxylation is 1. The van der Waals surface area contributed by atoms with Crippen molar-refractivity contribution in [2.45, 2.75) is 6.92 Å². The van der Waals surface area contributed by atoms with E-state index in [1.807, 2.05) is 0 Å². The number of carbonyl (C=O) groups excluding carboxylic acids is 2. The first kappa shape index (κ1) is 14.7. The molecule has 0 aliphatic carbocycles. The van der Waals surface area contributed by atoms with Gasteiger partial charge >= 0.3 is 0 Å². The third-order valence-corrected chi connectivity index (χ3v) is 3.28. The van der Waals surface area contributed by atoms with Crippen LogP contribution in [0.4, 0.5) is 4.39 Å². The molecule has 0 saturated carbocycles. The first-order valence-corrected chi connectivity index (χ1v) is 6.85. The van der Waals surface area contributed by atoms with Crippen LogP contribution in [0, 0.1) is 12.7 Å². The van der Waals surface area contributed by atoms with Crippen LogP contribution >= 0.6 is 0 Å². The van der Waals surface area contributed by atoms with Crippen LogP contribution in [0.5, 0.6) is 0 Å². The highest BCUT2D eigenvalue weighted by atomic mass is 19.1. The second-order valence-electron chi connectivity index (χ2n) is 4.96. The van der Waals surface area contributed by atoms with E-state index < -0.39 is 17.6 Å². The summed E-state index contributed by atoms with van der Waals surface area (Å²) in [5.74, 6) is -1.40.